The van der Waals surface area contributed by atoms with Crippen molar-refractivity contribution in [2.24, 2.45) is 0 Å². The second-order valence-electron chi connectivity index (χ2n) is 5.57. The van der Waals surface area contributed by atoms with Crippen LogP contribution < -0.4 is 15.7 Å². The molecule has 138 valence electrons. The van der Waals surface area contributed by atoms with Gasteiger partial charge in [-0.1, -0.05) is 30.3 Å². The number of thioether (sulfide) groups is 1. The fourth-order valence-electron chi connectivity index (χ4n) is 2.44. The van der Waals surface area contributed by atoms with Crippen molar-refractivity contribution in [2.75, 3.05) is 11.6 Å². The molecule has 0 aliphatic rings. The van der Waals surface area contributed by atoms with Gasteiger partial charge in [0.25, 0.3) is 11.5 Å². The Hall–Kier alpha value is -3.06. The molecule has 1 amide bonds. The highest BCUT2D eigenvalue weighted by Gasteiger charge is 2.14. The number of nitrogens with zero attached hydrogens (tertiary/aromatic N) is 1. The molecule has 0 radical (unpaired) electrons. The van der Waals surface area contributed by atoms with Crippen LogP contribution in [0.15, 0.2) is 76.6 Å². The summed E-state index contributed by atoms with van der Waals surface area (Å²) in [7, 11) is 0. The van der Waals surface area contributed by atoms with Crippen LogP contribution in [0.3, 0.4) is 0 Å². The van der Waals surface area contributed by atoms with E-state index in [0.29, 0.717) is 11.3 Å². The maximum Gasteiger partial charge on any atom is 0.295 e. The first-order chi connectivity index (χ1) is 13.1. The number of hydrogen-bond donors (Lipinski definition) is 1. The number of pyridine rings is 1. The van der Waals surface area contributed by atoms with Gasteiger partial charge < -0.3 is 10.2 Å². The maximum absolute atomic E-state index is 13.7. The molecule has 0 unspecified atom stereocenters. The van der Waals surface area contributed by atoms with Crippen molar-refractivity contribution < 1.29 is 14.0 Å². The minimum Gasteiger partial charge on any atom is -0.406 e. The Morgan fingerprint density at radius 1 is 1.11 bits per heavy atom. The van der Waals surface area contributed by atoms with Crippen molar-refractivity contribution in [2.45, 2.75) is 11.5 Å². The van der Waals surface area contributed by atoms with Gasteiger partial charge in [-0.25, -0.2) is 4.39 Å². The molecule has 0 bridgehead atoms. The Kier molecular flexibility index (Phi) is 5.93. The van der Waals surface area contributed by atoms with Gasteiger partial charge in [0.1, 0.15) is 18.0 Å². The first-order valence-corrected chi connectivity index (χ1v) is 9.35. The van der Waals surface area contributed by atoms with Crippen LogP contribution in [0.25, 0.3) is 0 Å². The molecule has 1 aromatic heterocycles. The lowest BCUT2D eigenvalue weighted by molar-refractivity contribution is 0.0847. The summed E-state index contributed by atoms with van der Waals surface area (Å²) in [5.41, 5.74) is 0.250. The number of nitrogens with one attached hydrogen (secondary N) is 1. The Balaban J connectivity index is 1.79. The van der Waals surface area contributed by atoms with Gasteiger partial charge in [-0.2, -0.15) is 4.73 Å². The van der Waals surface area contributed by atoms with Gasteiger partial charge in [-0.3, -0.25) is 9.59 Å². The van der Waals surface area contributed by atoms with E-state index in [2.05, 4.69) is 5.32 Å². The highest BCUT2D eigenvalue weighted by atomic mass is 32.2. The summed E-state index contributed by atoms with van der Waals surface area (Å²) in [4.78, 5) is 31.3. The number of aromatic nitrogens is 1. The third kappa shape index (κ3) is 4.38. The molecule has 3 aromatic rings. The fourth-order valence-corrected chi connectivity index (χ4v) is 3.00. The first-order valence-electron chi connectivity index (χ1n) is 8.13. The predicted octanol–water partition coefficient (Wildman–Crippen LogP) is 3.59. The van der Waals surface area contributed by atoms with Gasteiger partial charge in [0, 0.05) is 16.7 Å². The molecular formula is C20H17FN2O3S. The third-order valence-electron chi connectivity index (χ3n) is 3.83. The topological polar surface area (TPSA) is 60.3 Å². The summed E-state index contributed by atoms with van der Waals surface area (Å²) in [6.07, 6.45) is 3.28. The third-order valence-corrected chi connectivity index (χ3v) is 4.63. The van der Waals surface area contributed by atoms with Crippen LogP contribution in [0.1, 0.15) is 15.9 Å². The number of hydrogen-bond acceptors (Lipinski definition) is 4. The van der Waals surface area contributed by atoms with Gasteiger partial charge in [-0.05, 0) is 36.6 Å². The zero-order valence-electron chi connectivity index (χ0n) is 14.5. The molecule has 0 aliphatic heterocycles. The Morgan fingerprint density at radius 3 is 2.63 bits per heavy atom. The molecule has 1 N–H and O–H groups in total. The monoisotopic (exact) mass is 384 g/mol. The van der Waals surface area contributed by atoms with Gasteiger partial charge >= 0.3 is 0 Å². The highest BCUT2D eigenvalue weighted by Crippen LogP contribution is 2.24. The zero-order valence-corrected chi connectivity index (χ0v) is 15.3. The lowest BCUT2D eigenvalue weighted by Gasteiger charge is -2.11. The summed E-state index contributed by atoms with van der Waals surface area (Å²) >= 11 is 1.49. The van der Waals surface area contributed by atoms with E-state index in [1.165, 1.54) is 36.2 Å². The average Bonchev–Trinajstić information content (AvgIpc) is 2.68. The zero-order chi connectivity index (χ0) is 19.2. The van der Waals surface area contributed by atoms with Crippen molar-refractivity contribution in [3.05, 3.63) is 94.2 Å². The van der Waals surface area contributed by atoms with E-state index in [-0.39, 0.29) is 12.2 Å². The average molecular weight is 384 g/mol. The van der Waals surface area contributed by atoms with Gasteiger partial charge in [0.05, 0.1) is 5.69 Å². The van der Waals surface area contributed by atoms with Crippen LogP contribution in [-0.4, -0.2) is 16.9 Å². The van der Waals surface area contributed by atoms with Crippen molar-refractivity contribution >= 4 is 23.4 Å². The summed E-state index contributed by atoms with van der Waals surface area (Å²) in [6, 6.07) is 16.4. The van der Waals surface area contributed by atoms with E-state index in [4.69, 9.17) is 4.84 Å². The standard InChI is InChI=1S/C20H17FN2O3S/c1-27-18-11-5-4-10-17(18)22-19(24)15-8-6-12-23(20(15)25)26-13-14-7-2-3-9-16(14)21/h2-12H,13H2,1H3,(H,22,24). The summed E-state index contributed by atoms with van der Waals surface area (Å²) in [5.74, 6) is -0.960. The number of carbonyl (C=O) groups excluding carboxylic acids is 1. The van der Waals surface area contributed by atoms with E-state index < -0.39 is 17.3 Å². The molecule has 0 fully saturated rings. The molecule has 0 aliphatic carbocycles. The van der Waals surface area contributed by atoms with E-state index in [9.17, 15) is 14.0 Å². The highest BCUT2D eigenvalue weighted by molar-refractivity contribution is 7.98. The second-order valence-corrected chi connectivity index (χ2v) is 6.42. The quantitative estimate of drug-likeness (QED) is 0.660. The Labute approximate surface area is 159 Å². The second kappa shape index (κ2) is 8.55. The molecule has 1 heterocycles. The molecule has 3 rings (SSSR count). The number of amides is 1. The Bertz CT molecular complexity index is 1020. The Morgan fingerprint density at radius 2 is 1.85 bits per heavy atom. The van der Waals surface area contributed by atoms with Crippen molar-refractivity contribution in [1.29, 1.82) is 0 Å². The van der Waals surface area contributed by atoms with Crippen molar-refractivity contribution in [1.82, 2.24) is 4.73 Å². The van der Waals surface area contributed by atoms with Crippen LogP contribution in [0.2, 0.25) is 0 Å². The van der Waals surface area contributed by atoms with Crippen LogP contribution >= 0.6 is 11.8 Å². The number of carbonyl (C=O) groups is 1. The molecule has 0 saturated carbocycles. The maximum atomic E-state index is 13.7. The number of benzene rings is 2. The normalized spacial score (nSPS) is 10.4. The van der Waals surface area contributed by atoms with Crippen molar-refractivity contribution in [3.8, 4) is 0 Å². The lowest BCUT2D eigenvalue weighted by Crippen LogP contribution is -2.32. The van der Waals surface area contributed by atoms with Crippen LogP contribution in [0.5, 0.6) is 0 Å². The van der Waals surface area contributed by atoms with E-state index in [0.717, 1.165) is 9.63 Å². The molecule has 0 spiro atoms. The number of rotatable bonds is 6. The first kappa shape index (κ1) is 18.7. The van der Waals surface area contributed by atoms with Gasteiger partial charge in [0.15, 0.2) is 0 Å². The SMILES string of the molecule is CSc1ccccc1NC(=O)c1cccn(OCc2ccccc2F)c1=O. The molecule has 5 nitrogen and oxygen atoms in total. The molecule has 7 heteroatoms. The smallest absolute Gasteiger partial charge is 0.295 e. The number of anilines is 1. The molecule has 0 atom stereocenters. The summed E-state index contributed by atoms with van der Waals surface area (Å²) < 4.78 is 14.6. The minimum atomic E-state index is -0.618. The fraction of sp³-hybridized carbons (Fsp3) is 0.100. The van der Waals surface area contributed by atoms with E-state index >= 15 is 0 Å². The molecule has 0 saturated heterocycles. The molecule has 27 heavy (non-hydrogen) atoms. The van der Waals surface area contributed by atoms with Crippen molar-refractivity contribution in [3.63, 3.8) is 0 Å². The van der Waals surface area contributed by atoms with E-state index in [1.807, 2.05) is 18.4 Å². The van der Waals surface area contributed by atoms with Gasteiger partial charge in [-0.15, -0.1) is 11.8 Å². The summed E-state index contributed by atoms with van der Waals surface area (Å²) in [5, 5.41) is 2.74. The predicted molar refractivity (Wildman–Crippen MR) is 104 cm³/mol. The summed E-state index contributed by atoms with van der Waals surface area (Å²) in [6.45, 7) is -0.132. The molecule has 2 aromatic carbocycles. The van der Waals surface area contributed by atoms with E-state index in [1.54, 1.807) is 30.3 Å². The lowest BCUT2D eigenvalue weighted by atomic mass is 10.2. The minimum absolute atomic E-state index is 0.0676. The van der Waals surface area contributed by atoms with Crippen LogP contribution in [0, 0.1) is 5.82 Å². The van der Waals surface area contributed by atoms with Crippen LogP contribution in [0.4, 0.5) is 10.1 Å². The molecular weight excluding hydrogens is 367 g/mol. The van der Waals surface area contributed by atoms with Crippen LogP contribution in [-0.2, 0) is 6.61 Å². The largest absolute Gasteiger partial charge is 0.406 e. The number of halogens is 1. The number of para-hydroxylation sites is 1. The van der Waals surface area contributed by atoms with Gasteiger partial charge in [0.2, 0.25) is 0 Å².